The first-order valence-electron chi connectivity index (χ1n) is 8.04. The Balaban J connectivity index is 1.73. The monoisotopic (exact) mass is 303 g/mol. The van der Waals surface area contributed by atoms with Gasteiger partial charge >= 0.3 is 0 Å². The van der Waals surface area contributed by atoms with E-state index in [1.807, 2.05) is 11.3 Å². The molecule has 0 saturated carbocycles. The minimum atomic E-state index is 0.390. The van der Waals surface area contributed by atoms with E-state index in [-0.39, 0.29) is 0 Å². The molecule has 2 heterocycles. The number of aryl methyl sites for hydroxylation is 2. The molecule has 0 aliphatic heterocycles. The fourth-order valence-corrected chi connectivity index (χ4v) is 4.36. The van der Waals surface area contributed by atoms with Crippen molar-refractivity contribution in [3.63, 3.8) is 0 Å². The van der Waals surface area contributed by atoms with Crippen molar-refractivity contribution in [3.05, 3.63) is 39.3 Å². The summed E-state index contributed by atoms with van der Waals surface area (Å²) in [6, 6.07) is 5.45. The number of aromatic nitrogens is 2. The van der Waals surface area contributed by atoms with Gasteiger partial charge in [0.25, 0.3) is 0 Å². The molecule has 0 radical (unpaired) electrons. The van der Waals surface area contributed by atoms with Gasteiger partial charge in [-0.15, -0.1) is 11.3 Å². The summed E-state index contributed by atoms with van der Waals surface area (Å²) >= 11 is 1.99. The van der Waals surface area contributed by atoms with Gasteiger partial charge in [-0.05, 0) is 57.4 Å². The van der Waals surface area contributed by atoms with Crippen molar-refractivity contribution in [2.24, 2.45) is 0 Å². The van der Waals surface area contributed by atoms with Gasteiger partial charge in [-0.1, -0.05) is 6.92 Å². The van der Waals surface area contributed by atoms with Gasteiger partial charge in [0.05, 0.1) is 5.69 Å². The van der Waals surface area contributed by atoms with Gasteiger partial charge in [0.1, 0.15) is 0 Å². The third-order valence-corrected chi connectivity index (χ3v) is 5.93. The van der Waals surface area contributed by atoms with Crippen molar-refractivity contribution in [2.45, 2.75) is 58.0 Å². The van der Waals surface area contributed by atoms with Crippen LogP contribution in [0.4, 0.5) is 0 Å². The van der Waals surface area contributed by atoms with Crippen LogP contribution in [0.2, 0.25) is 0 Å². The average Bonchev–Trinajstić information content (AvgIpc) is 3.18. The van der Waals surface area contributed by atoms with Crippen molar-refractivity contribution in [2.75, 3.05) is 7.05 Å². The number of fused-ring (bicyclic) bond motifs is 1. The fraction of sp³-hybridized carbons (Fsp3) is 0.588. The molecule has 21 heavy (non-hydrogen) atoms. The molecule has 0 spiro atoms. The van der Waals surface area contributed by atoms with Gasteiger partial charge in [-0.25, -0.2) is 0 Å². The molecule has 2 unspecified atom stereocenters. The molecule has 0 amide bonds. The molecule has 0 aromatic carbocycles. The summed E-state index contributed by atoms with van der Waals surface area (Å²) in [6.07, 6.45) is 8.09. The Labute approximate surface area is 131 Å². The van der Waals surface area contributed by atoms with Crippen LogP contribution in [-0.4, -0.2) is 16.8 Å². The van der Waals surface area contributed by atoms with Crippen LogP contribution < -0.4 is 5.32 Å². The lowest BCUT2D eigenvalue weighted by Gasteiger charge is -2.13. The Hall–Kier alpha value is -1.13. The minimum absolute atomic E-state index is 0.390. The van der Waals surface area contributed by atoms with Crippen molar-refractivity contribution >= 4 is 11.3 Å². The second kappa shape index (κ2) is 6.32. The summed E-state index contributed by atoms with van der Waals surface area (Å²) < 4.78 is 2.09. The fourth-order valence-electron chi connectivity index (χ4n) is 3.00. The lowest BCUT2D eigenvalue weighted by Crippen LogP contribution is -2.18. The molecule has 1 aliphatic rings. The molecule has 0 bridgehead atoms. The quantitative estimate of drug-likeness (QED) is 0.877. The molecule has 2 aromatic rings. The van der Waals surface area contributed by atoms with Gasteiger partial charge in [-0.3, -0.25) is 4.68 Å². The van der Waals surface area contributed by atoms with Crippen molar-refractivity contribution in [1.29, 1.82) is 0 Å². The first kappa shape index (κ1) is 14.8. The van der Waals surface area contributed by atoms with E-state index in [0.717, 1.165) is 12.8 Å². The third-order valence-electron chi connectivity index (χ3n) is 4.58. The highest BCUT2D eigenvalue weighted by atomic mass is 32.1. The molecule has 2 atom stereocenters. The van der Waals surface area contributed by atoms with Crippen LogP contribution in [0.1, 0.15) is 59.8 Å². The smallest absolute Gasteiger partial charge is 0.0644 e. The highest BCUT2D eigenvalue weighted by Crippen LogP contribution is 2.34. The molecule has 0 fully saturated rings. The molecule has 1 aliphatic carbocycles. The molecule has 3 rings (SSSR count). The van der Waals surface area contributed by atoms with Crippen molar-refractivity contribution in [1.82, 2.24) is 15.1 Å². The minimum Gasteiger partial charge on any atom is -0.312 e. The molecule has 1 N–H and O–H groups in total. The summed E-state index contributed by atoms with van der Waals surface area (Å²) in [5, 5.41) is 8.21. The lowest BCUT2D eigenvalue weighted by atomic mass is 10.1. The molecule has 2 aromatic heterocycles. The second-order valence-corrected chi connectivity index (χ2v) is 7.21. The standard InChI is InChI=1S/C17H25N3S/c1-4-12(2)20-9-8-14(19-20)11-15(18-3)17-10-13-6-5-7-16(13)21-17/h8-10,12,15,18H,4-7,11H2,1-3H3. The zero-order valence-corrected chi connectivity index (χ0v) is 14.0. The van der Waals surface area contributed by atoms with Gasteiger partial charge in [-0.2, -0.15) is 5.10 Å². The molecular weight excluding hydrogens is 278 g/mol. The van der Waals surface area contributed by atoms with Crippen LogP contribution in [-0.2, 0) is 19.3 Å². The first-order valence-corrected chi connectivity index (χ1v) is 8.85. The largest absolute Gasteiger partial charge is 0.312 e. The first-order chi connectivity index (χ1) is 10.2. The maximum Gasteiger partial charge on any atom is 0.0644 e. The van der Waals surface area contributed by atoms with E-state index in [1.165, 1.54) is 29.8 Å². The van der Waals surface area contributed by atoms with Crippen LogP contribution in [0, 0.1) is 0 Å². The summed E-state index contributed by atoms with van der Waals surface area (Å²) in [6.45, 7) is 4.42. The van der Waals surface area contributed by atoms with Gasteiger partial charge in [0.2, 0.25) is 0 Å². The number of likely N-dealkylation sites (N-methyl/N-ethyl adjacent to an activating group) is 1. The van der Waals surface area contributed by atoms with E-state index in [9.17, 15) is 0 Å². The van der Waals surface area contributed by atoms with E-state index in [2.05, 4.69) is 49.2 Å². The Morgan fingerprint density at radius 2 is 2.29 bits per heavy atom. The van der Waals surface area contributed by atoms with Crippen LogP contribution in [0.5, 0.6) is 0 Å². The zero-order chi connectivity index (χ0) is 14.8. The van der Waals surface area contributed by atoms with Gasteiger partial charge in [0, 0.05) is 34.5 Å². The Bertz CT molecular complexity index is 577. The Kier molecular flexibility index (Phi) is 4.45. The van der Waals surface area contributed by atoms with Crippen molar-refractivity contribution < 1.29 is 0 Å². The molecule has 0 saturated heterocycles. The van der Waals surface area contributed by atoms with Crippen LogP contribution in [0.25, 0.3) is 0 Å². The second-order valence-electron chi connectivity index (χ2n) is 6.04. The molecule has 3 nitrogen and oxygen atoms in total. The molecule has 4 heteroatoms. The van der Waals surface area contributed by atoms with E-state index in [0.29, 0.717) is 12.1 Å². The summed E-state index contributed by atoms with van der Waals surface area (Å²) in [7, 11) is 2.06. The highest BCUT2D eigenvalue weighted by Gasteiger charge is 2.20. The maximum atomic E-state index is 4.74. The Morgan fingerprint density at radius 1 is 1.43 bits per heavy atom. The van der Waals surface area contributed by atoms with E-state index in [1.54, 1.807) is 10.4 Å². The Morgan fingerprint density at radius 3 is 3.00 bits per heavy atom. The van der Waals surface area contributed by atoms with Crippen molar-refractivity contribution in [3.8, 4) is 0 Å². The predicted molar refractivity (Wildman–Crippen MR) is 89.1 cm³/mol. The van der Waals surface area contributed by atoms with Gasteiger partial charge < -0.3 is 5.32 Å². The zero-order valence-electron chi connectivity index (χ0n) is 13.2. The van der Waals surface area contributed by atoms with E-state index < -0.39 is 0 Å². The topological polar surface area (TPSA) is 29.9 Å². The highest BCUT2D eigenvalue weighted by molar-refractivity contribution is 7.12. The number of hydrogen-bond acceptors (Lipinski definition) is 3. The average molecular weight is 303 g/mol. The third kappa shape index (κ3) is 3.06. The number of rotatable bonds is 6. The lowest BCUT2D eigenvalue weighted by molar-refractivity contribution is 0.469. The van der Waals surface area contributed by atoms with Crippen LogP contribution in [0.15, 0.2) is 18.3 Å². The normalized spacial score (nSPS) is 16.9. The van der Waals surface area contributed by atoms with E-state index >= 15 is 0 Å². The maximum absolute atomic E-state index is 4.74. The van der Waals surface area contributed by atoms with Crippen LogP contribution in [0.3, 0.4) is 0 Å². The van der Waals surface area contributed by atoms with Crippen LogP contribution >= 0.6 is 11.3 Å². The summed E-state index contributed by atoms with van der Waals surface area (Å²) in [4.78, 5) is 3.08. The summed E-state index contributed by atoms with van der Waals surface area (Å²) in [5.74, 6) is 0. The molecule has 114 valence electrons. The summed E-state index contributed by atoms with van der Waals surface area (Å²) in [5.41, 5.74) is 2.77. The number of nitrogens with one attached hydrogen (secondary N) is 1. The van der Waals surface area contributed by atoms with E-state index in [4.69, 9.17) is 5.10 Å². The predicted octanol–water partition coefficient (Wildman–Crippen LogP) is 3.91. The van der Waals surface area contributed by atoms with Gasteiger partial charge in [0.15, 0.2) is 0 Å². The molecular formula is C17H25N3S. The SMILES string of the molecule is CCC(C)n1ccc(CC(NC)c2cc3c(s2)CCC3)n1. The number of thiophene rings is 1. The number of nitrogens with zero attached hydrogens (tertiary/aromatic N) is 2. The number of hydrogen-bond donors (Lipinski definition) is 1.